The summed E-state index contributed by atoms with van der Waals surface area (Å²) in [4.78, 5) is 14.5. The Labute approximate surface area is 127 Å². The summed E-state index contributed by atoms with van der Waals surface area (Å²) in [6, 6.07) is 5.20. The molecule has 2 heterocycles. The molecule has 0 aliphatic carbocycles. The summed E-state index contributed by atoms with van der Waals surface area (Å²) in [5, 5.41) is 0. The first-order chi connectivity index (χ1) is 10.1. The lowest BCUT2D eigenvalue weighted by Crippen LogP contribution is -2.49. The molecule has 0 radical (unpaired) electrons. The van der Waals surface area contributed by atoms with E-state index in [0.717, 1.165) is 0 Å². The van der Waals surface area contributed by atoms with E-state index in [-0.39, 0.29) is 17.0 Å². The Morgan fingerprint density at radius 2 is 2.00 bits per heavy atom. The van der Waals surface area contributed by atoms with Crippen LogP contribution in [-0.4, -0.2) is 54.8 Å². The molecule has 1 atom stereocenters. The second kappa shape index (κ2) is 5.87. The Kier molecular flexibility index (Phi) is 3.94. The smallest absolute Gasteiger partial charge is 0.254 e. The van der Waals surface area contributed by atoms with E-state index in [9.17, 15) is 4.79 Å². The zero-order valence-electron chi connectivity index (χ0n) is 11.4. The predicted octanol–water partition coefficient (Wildman–Crippen LogP) is 0.585. The summed E-state index contributed by atoms with van der Waals surface area (Å²) in [5.41, 5.74) is 6.15. The fourth-order valence-electron chi connectivity index (χ4n) is 2.36. The maximum absolute atomic E-state index is 12.5. The van der Waals surface area contributed by atoms with Crippen LogP contribution in [0.15, 0.2) is 18.2 Å². The number of nitrogens with two attached hydrogens (primary N) is 1. The summed E-state index contributed by atoms with van der Waals surface area (Å²) < 4.78 is 16.4. The second-order valence-corrected chi connectivity index (χ2v) is 5.34. The number of morpholine rings is 1. The Balaban J connectivity index is 1.77. The van der Waals surface area contributed by atoms with Gasteiger partial charge in [-0.3, -0.25) is 4.79 Å². The van der Waals surface area contributed by atoms with Crippen molar-refractivity contribution in [3.63, 3.8) is 0 Å². The van der Waals surface area contributed by atoms with E-state index in [0.29, 0.717) is 50.0 Å². The number of amides is 1. The quantitative estimate of drug-likeness (QED) is 0.806. The number of hydrogen-bond donors (Lipinski definition) is 1. The van der Waals surface area contributed by atoms with E-state index in [1.807, 2.05) is 0 Å². The Morgan fingerprint density at radius 1 is 1.24 bits per heavy atom. The van der Waals surface area contributed by atoms with Crippen LogP contribution in [0.5, 0.6) is 11.5 Å². The number of hydrogen-bond acceptors (Lipinski definition) is 5. The number of rotatable bonds is 2. The Bertz CT molecular complexity index is 578. The molecule has 1 aromatic rings. The van der Waals surface area contributed by atoms with Crippen molar-refractivity contribution in [3.05, 3.63) is 23.8 Å². The molecule has 6 nitrogen and oxygen atoms in total. The Morgan fingerprint density at radius 3 is 2.76 bits per heavy atom. The predicted molar refractivity (Wildman–Crippen MR) is 79.9 cm³/mol. The molecule has 7 heteroatoms. The summed E-state index contributed by atoms with van der Waals surface area (Å²) in [5.74, 6) is 1.18. The van der Waals surface area contributed by atoms with Gasteiger partial charge in [-0.2, -0.15) is 0 Å². The Hall–Kier alpha value is -1.86. The third kappa shape index (κ3) is 2.93. The van der Waals surface area contributed by atoms with Gasteiger partial charge < -0.3 is 24.8 Å². The fraction of sp³-hybridized carbons (Fsp3) is 0.429. The average molecular weight is 308 g/mol. The molecular formula is C14H16N2O4S. The lowest BCUT2D eigenvalue weighted by molar-refractivity contribution is 0.00875. The minimum absolute atomic E-state index is 0.0866. The van der Waals surface area contributed by atoms with Crippen LogP contribution in [0.3, 0.4) is 0 Å². The SMILES string of the molecule is NC(=S)C1CN(C(=O)c2ccc3c(c2)OCCO3)CCO1. The van der Waals surface area contributed by atoms with E-state index < -0.39 is 0 Å². The van der Waals surface area contributed by atoms with Gasteiger partial charge in [-0.15, -0.1) is 0 Å². The first kappa shape index (κ1) is 14.1. The minimum atomic E-state index is -0.380. The van der Waals surface area contributed by atoms with Crippen LogP contribution in [0.4, 0.5) is 0 Å². The lowest BCUT2D eigenvalue weighted by atomic mass is 10.1. The van der Waals surface area contributed by atoms with Crippen LogP contribution < -0.4 is 15.2 Å². The third-order valence-electron chi connectivity index (χ3n) is 3.46. The van der Waals surface area contributed by atoms with Crippen molar-refractivity contribution in [2.75, 3.05) is 32.9 Å². The molecule has 1 unspecified atom stereocenters. The van der Waals surface area contributed by atoms with Crippen molar-refractivity contribution < 1.29 is 19.0 Å². The van der Waals surface area contributed by atoms with Crippen molar-refractivity contribution in [2.24, 2.45) is 5.73 Å². The number of thiocarbonyl (C=S) groups is 1. The number of carbonyl (C=O) groups is 1. The standard InChI is InChI=1S/C14H16N2O4S/c15-13(21)12-8-16(3-4-18-12)14(17)9-1-2-10-11(7-9)20-6-5-19-10/h1-2,7,12H,3-6,8H2,(H2,15,21). The highest BCUT2D eigenvalue weighted by Crippen LogP contribution is 2.31. The first-order valence-corrected chi connectivity index (χ1v) is 7.16. The number of nitrogens with zero attached hydrogens (tertiary/aromatic N) is 1. The van der Waals surface area contributed by atoms with Gasteiger partial charge in [-0.25, -0.2) is 0 Å². The molecule has 1 saturated heterocycles. The van der Waals surface area contributed by atoms with Crippen molar-refractivity contribution in [3.8, 4) is 11.5 Å². The molecule has 1 aromatic carbocycles. The highest BCUT2D eigenvalue weighted by atomic mass is 32.1. The van der Waals surface area contributed by atoms with Gasteiger partial charge in [0.1, 0.15) is 24.3 Å². The maximum atomic E-state index is 12.5. The molecular weight excluding hydrogens is 292 g/mol. The highest BCUT2D eigenvalue weighted by Gasteiger charge is 2.27. The van der Waals surface area contributed by atoms with E-state index in [1.165, 1.54) is 0 Å². The van der Waals surface area contributed by atoms with E-state index in [1.54, 1.807) is 23.1 Å². The normalized spacial score (nSPS) is 21.0. The molecule has 3 rings (SSSR count). The zero-order valence-corrected chi connectivity index (χ0v) is 12.2. The van der Waals surface area contributed by atoms with Crippen LogP contribution in [-0.2, 0) is 4.74 Å². The van der Waals surface area contributed by atoms with Crippen LogP contribution in [0.25, 0.3) is 0 Å². The van der Waals surface area contributed by atoms with Gasteiger partial charge >= 0.3 is 0 Å². The largest absolute Gasteiger partial charge is 0.486 e. The summed E-state index contributed by atoms with van der Waals surface area (Å²) in [6.45, 7) is 2.35. The second-order valence-electron chi connectivity index (χ2n) is 4.87. The third-order valence-corrected chi connectivity index (χ3v) is 3.72. The number of ether oxygens (including phenoxy) is 3. The first-order valence-electron chi connectivity index (χ1n) is 6.75. The molecule has 0 bridgehead atoms. The van der Waals surface area contributed by atoms with Gasteiger partial charge in [0.05, 0.1) is 13.2 Å². The molecule has 0 saturated carbocycles. The van der Waals surface area contributed by atoms with Gasteiger partial charge in [0.25, 0.3) is 5.91 Å². The molecule has 0 spiro atoms. The molecule has 2 aliphatic heterocycles. The molecule has 2 N–H and O–H groups in total. The summed E-state index contributed by atoms with van der Waals surface area (Å²) in [7, 11) is 0. The topological polar surface area (TPSA) is 74.0 Å². The van der Waals surface area contributed by atoms with Crippen molar-refractivity contribution >= 4 is 23.1 Å². The van der Waals surface area contributed by atoms with E-state index in [4.69, 9.17) is 32.2 Å². The van der Waals surface area contributed by atoms with Crippen LogP contribution >= 0.6 is 12.2 Å². The summed E-state index contributed by atoms with van der Waals surface area (Å²) in [6.07, 6.45) is -0.380. The molecule has 2 aliphatic rings. The van der Waals surface area contributed by atoms with Crippen LogP contribution in [0.1, 0.15) is 10.4 Å². The highest BCUT2D eigenvalue weighted by molar-refractivity contribution is 7.80. The molecule has 1 fully saturated rings. The lowest BCUT2D eigenvalue weighted by Gasteiger charge is -2.32. The minimum Gasteiger partial charge on any atom is -0.486 e. The fourth-order valence-corrected chi connectivity index (χ4v) is 2.51. The van der Waals surface area contributed by atoms with Gasteiger partial charge in [-0.1, -0.05) is 12.2 Å². The molecule has 21 heavy (non-hydrogen) atoms. The number of fused-ring (bicyclic) bond motifs is 1. The van der Waals surface area contributed by atoms with Gasteiger partial charge in [0, 0.05) is 12.1 Å². The van der Waals surface area contributed by atoms with Gasteiger partial charge in [0.15, 0.2) is 11.5 Å². The number of carbonyl (C=O) groups excluding carboxylic acids is 1. The van der Waals surface area contributed by atoms with Gasteiger partial charge in [0.2, 0.25) is 0 Å². The maximum Gasteiger partial charge on any atom is 0.254 e. The molecule has 0 aromatic heterocycles. The van der Waals surface area contributed by atoms with Gasteiger partial charge in [-0.05, 0) is 18.2 Å². The van der Waals surface area contributed by atoms with Crippen molar-refractivity contribution in [2.45, 2.75) is 6.10 Å². The monoisotopic (exact) mass is 308 g/mol. The van der Waals surface area contributed by atoms with E-state index >= 15 is 0 Å². The molecule has 112 valence electrons. The average Bonchev–Trinajstić information content (AvgIpc) is 2.53. The van der Waals surface area contributed by atoms with Crippen molar-refractivity contribution in [1.82, 2.24) is 4.90 Å². The van der Waals surface area contributed by atoms with Crippen molar-refractivity contribution in [1.29, 1.82) is 0 Å². The van der Waals surface area contributed by atoms with E-state index in [2.05, 4.69) is 0 Å². The van der Waals surface area contributed by atoms with Crippen LogP contribution in [0, 0.1) is 0 Å². The number of benzene rings is 1. The van der Waals surface area contributed by atoms with Crippen LogP contribution in [0.2, 0.25) is 0 Å². The zero-order chi connectivity index (χ0) is 14.8. The molecule has 1 amide bonds. The summed E-state index contributed by atoms with van der Waals surface area (Å²) >= 11 is 4.93.